The van der Waals surface area contributed by atoms with Crippen LogP contribution >= 0.6 is 11.8 Å². The highest BCUT2D eigenvalue weighted by atomic mass is 32.2. The van der Waals surface area contributed by atoms with E-state index in [2.05, 4.69) is 5.32 Å². The number of anilines is 1. The number of hydrogen-bond donors (Lipinski definition) is 1. The van der Waals surface area contributed by atoms with Crippen molar-refractivity contribution in [2.45, 2.75) is 4.90 Å². The van der Waals surface area contributed by atoms with E-state index in [9.17, 15) is 18.4 Å². The zero-order chi connectivity index (χ0) is 19.2. The number of hydrogen-bond acceptors (Lipinski definition) is 3. The Hall–Kier alpha value is -2.99. The van der Waals surface area contributed by atoms with Crippen LogP contribution in [0.25, 0.3) is 0 Å². The van der Waals surface area contributed by atoms with E-state index >= 15 is 0 Å². The zero-order valence-corrected chi connectivity index (χ0v) is 14.9. The minimum absolute atomic E-state index is 0.0178. The largest absolute Gasteiger partial charge is 0.322 e. The molecule has 0 aromatic heterocycles. The summed E-state index contributed by atoms with van der Waals surface area (Å²) >= 11 is 0.942. The van der Waals surface area contributed by atoms with Crippen LogP contribution in [-0.4, -0.2) is 17.4 Å². The van der Waals surface area contributed by atoms with Gasteiger partial charge in [0.25, 0.3) is 5.91 Å². The molecule has 0 atom stereocenters. The maximum absolute atomic E-state index is 13.6. The Labute approximate surface area is 159 Å². The number of carbonyl (C=O) groups excluding carboxylic acids is 2. The van der Waals surface area contributed by atoms with Gasteiger partial charge in [-0.3, -0.25) is 9.59 Å². The van der Waals surface area contributed by atoms with Crippen molar-refractivity contribution in [3.8, 4) is 0 Å². The molecule has 0 bridgehead atoms. The lowest BCUT2D eigenvalue weighted by Gasteiger charge is -2.07. The average Bonchev–Trinajstić information content (AvgIpc) is 2.69. The number of ketones is 1. The molecule has 0 aliphatic heterocycles. The first-order valence-corrected chi connectivity index (χ1v) is 9.09. The molecule has 1 amide bonds. The smallest absolute Gasteiger partial charge is 0.255 e. The average molecular weight is 383 g/mol. The Morgan fingerprint density at radius 3 is 2.26 bits per heavy atom. The fourth-order valence-electron chi connectivity index (χ4n) is 2.35. The van der Waals surface area contributed by atoms with E-state index in [1.165, 1.54) is 0 Å². The molecule has 3 aromatic rings. The number of nitrogens with one attached hydrogen (secondary N) is 1. The minimum Gasteiger partial charge on any atom is -0.322 e. The van der Waals surface area contributed by atoms with Crippen LogP contribution < -0.4 is 5.32 Å². The lowest BCUT2D eigenvalue weighted by molar-refractivity contribution is 0.101. The van der Waals surface area contributed by atoms with Gasteiger partial charge in [0, 0.05) is 21.7 Å². The van der Waals surface area contributed by atoms with Gasteiger partial charge in [0.2, 0.25) is 0 Å². The molecule has 0 saturated carbocycles. The van der Waals surface area contributed by atoms with Crippen LogP contribution in [0.1, 0.15) is 20.7 Å². The molecule has 3 nitrogen and oxygen atoms in total. The molecule has 136 valence electrons. The number of halogens is 2. The molecule has 0 fully saturated rings. The van der Waals surface area contributed by atoms with Crippen LogP contribution in [0.3, 0.4) is 0 Å². The maximum atomic E-state index is 13.6. The second kappa shape index (κ2) is 8.60. The molecule has 0 aliphatic rings. The monoisotopic (exact) mass is 383 g/mol. The predicted molar refractivity (Wildman–Crippen MR) is 102 cm³/mol. The summed E-state index contributed by atoms with van der Waals surface area (Å²) in [6.45, 7) is 0. The van der Waals surface area contributed by atoms with Crippen LogP contribution in [0.4, 0.5) is 14.5 Å². The van der Waals surface area contributed by atoms with Crippen molar-refractivity contribution in [3.05, 3.63) is 95.6 Å². The fraction of sp³-hybridized carbons (Fsp3) is 0.0476. The van der Waals surface area contributed by atoms with Gasteiger partial charge in [0.1, 0.15) is 11.6 Å². The normalized spacial score (nSPS) is 10.4. The van der Waals surface area contributed by atoms with Crippen LogP contribution in [-0.2, 0) is 0 Å². The molecule has 0 aliphatic carbocycles. The highest BCUT2D eigenvalue weighted by molar-refractivity contribution is 8.00. The maximum Gasteiger partial charge on any atom is 0.255 e. The van der Waals surface area contributed by atoms with Gasteiger partial charge in [0.05, 0.1) is 5.75 Å². The molecular formula is C21H15F2NO2S. The van der Waals surface area contributed by atoms with E-state index in [1.54, 1.807) is 48.5 Å². The number of amides is 1. The third-order valence-electron chi connectivity index (χ3n) is 3.75. The summed E-state index contributed by atoms with van der Waals surface area (Å²) in [7, 11) is 0. The molecule has 1 N–H and O–H groups in total. The van der Waals surface area contributed by atoms with E-state index < -0.39 is 11.6 Å². The second-order valence-corrected chi connectivity index (χ2v) is 6.70. The standard InChI is InChI=1S/C21H15F2NO2S/c22-16-8-11-18(23)20(12-16)27-13-19(25)14-6-9-17(10-7-14)24-21(26)15-4-2-1-3-5-15/h1-12H,13H2,(H,24,26). The van der Waals surface area contributed by atoms with Crippen molar-refractivity contribution >= 4 is 29.1 Å². The van der Waals surface area contributed by atoms with E-state index in [1.807, 2.05) is 6.07 Å². The lowest BCUT2D eigenvalue weighted by Crippen LogP contribution is -2.11. The molecule has 0 radical (unpaired) electrons. The van der Waals surface area contributed by atoms with Crippen LogP contribution in [0.5, 0.6) is 0 Å². The van der Waals surface area contributed by atoms with Gasteiger partial charge in [-0.1, -0.05) is 18.2 Å². The van der Waals surface area contributed by atoms with Crippen molar-refractivity contribution in [3.63, 3.8) is 0 Å². The highest BCUT2D eigenvalue weighted by Gasteiger charge is 2.11. The molecule has 0 heterocycles. The molecule has 3 rings (SSSR count). The van der Waals surface area contributed by atoms with Crippen molar-refractivity contribution in [1.82, 2.24) is 0 Å². The first-order chi connectivity index (χ1) is 13.0. The summed E-state index contributed by atoms with van der Waals surface area (Å²) in [5.41, 5.74) is 1.52. The number of rotatable bonds is 6. The van der Waals surface area contributed by atoms with Gasteiger partial charge < -0.3 is 5.32 Å². The van der Waals surface area contributed by atoms with E-state index in [0.717, 1.165) is 30.0 Å². The third kappa shape index (κ3) is 5.01. The first kappa shape index (κ1) is 18.8. The van der Waals surface area contributed by atoms with Crippen LogP contribution in [0.2, 0.25) is 0 Å². The van der Waals surface area contributed by atoms with Crippen LogP contribution in [0, 0.1) is 11.6 Å². The van der Waals surface area contributed by atoms with Crippen molar-refractivity contribution in [1.29, 1.82) is 0 Å². The van der Waals surface area contributed by atoms with Gasteiger partial charge in [0.15, 0.2) is 5.78 Å². The molecule has 27 heavy (non-hydrogen) atoms. The minimum atomic E-state index is -0.562. The first-order valence-electron chi connectivity index (χ1n) is 8.10. The summed E-state index contributed by atoms with van der Waals surface area (Å²) in [4.78, 5) is 24.4. The number of carbonyl (C=O) groups is 2. The summed E-state index contributed by atoms with van der Waals surface area (Å²) in [6, 6.07) is 18.3. The third-order valence-corrected chi connectivity index (χ3v) is 4.78. The van der Waals surface area contributed by atoms with E-state index in [-0.39, 0.29) is 22.3 Å². The Bertz CT molecular complexity index is 960. The number of benzene rings is 3. The number of thioether (sulfide) groups is 1. The van der Waals surface area contributed by atoms with Crippen molar-refractivity contribution in [2.75, 3.05) is 11.1 Å². The predicted octanol–water partition coefficient (Wildman–Crippen LogP) is 5.19. The van der Waals surface area contributed by atoms with Gasteiger partial charge in [-0.2, -0.15) is 0 Å². The summed E-state index contributed by atoms with van der Waals surface area (Å²) in [5.74, 6) is -1.59. The Morgan fingerprint density at radius 1 is 0.852 bits per heavy atom. The Kier molecular flexibility index (Phi) is 5.98. The van der Waals surface area contributed by atoms with Gasteiger partial charge in [-0.15, -0.1) is 11.8 Å². The zero-order valence-electron chi connectivity index (χ0n) is 14.1. The second-order valence-electron chi connectivity index (χ2n) is 5.68. The molecular weight excluding hydrogens is 368 g/mol. The molecule has 3 aromatic carbocycles. The molecule has 0 unspecified atom stereocenters. The summed E-state index contributed by atoms with van der Waals surface area (Å²) < 4.78 is 26.8. The molecule has 0 spiro atoms. The van der Waals surface area contributed by atoms with Gasteiger partial charge in [-0.05, 0) is 54.6 Å². The Balaban J connectivity index is 1.60. The summed E-state index contributed by atoms with van der Waals surface area (Å²) in [5, 5.41) is 2.75. The lowest BCUT2D eigenvalue weighted by atomic mass is 10.1. The fourth-order valence-corrected chi connectivity index (χ4v) is 3.20. The van der Waals surface area contributed by atoms with E-state index in [0.29, 0.717) is 16.8 Å². The molecule has 6 heteroatoms. The topological polar surface area (TPSA) is 46.2 Å². The van der Waals surface area contributed by atoms with E-state index in [4.69, 9.17) is 0 Å². The SMILES string of the molecule is O=C(CSc1cc(F)ccc1F)c1ccc(NC(=O)c2ccccc2)cc1. The quantitative estimate of drug-likeness (QED) is 0.471. The highest BCUT2D eigenvalue weighted by Crippen LogP contribution is 2.24. The van der Waals surface area contributed by atoms with Crippen molar-refractivity contribution in [2.24, 2.45) is 0 Å². The molecule has 0 saturated heterocycles. The Morgan fingerprint density at radius 2 is 1.56 bits per heavy atom. The van der Waals surface area contributed by atoms with Gasteiger partial charge in [-0.25, -0.2) is 8.78 Å². The summed E-state index contributed by atoms with van der Waals surface area (Å²) in [6.07, 6.45) is 0. The van der Waals surface area contributed by atoms with Gasteiger partial charge >= 0.3 is 0 Å². The van der Waals surface area contributed by atoms with Crippen LogP contribution in [0.15, 0.2) is 77.7 Å². The van der Waals surface area contributed by atoms with Crippen molar-refractivity contribution < 1.29 is 18.4 Å². The number of Topliss-reactive ketones (excluding diaryl/α,β-unsaturated/α-hetero) is 1.